The SMILES string of the molecule is CN(C(=O)C1CC1)N(Cc1ccc(CCC2CCCO2)cc1F)C(=O)c1ccc2nc(N)c3cnn(C)c3c2c1. The smallest absolute Gasteiger partial charge is 0.272 e. The lowest BCUT2D eigenvalue weighted by atomic mass is 10.0. The van der Waals surface area contributed by atoms with E-state index in [-0.39, 0.29) is 24.5 Å². The Morgan fingerprint density at radius 1 is 1.15 bits per heavy atom. The zero-order valence-corrected chi connectivity index (χ0v) is 22.8. The number of carbonyl (C=O) groups is 2. The van der Waals surface area contributed by atoms with Gasteiger partial charge in [-0.2, -0.15) is 5.10 Å². The van der Waals surface area contributed by atoms with Crippen molar-refractivity contribution < 1.29 is 18.7 Å². The lowest BCUT2D eigenvalue weighted by Crippen LogP contribution is -2.47. The summed E-state index contributed by atoms with van der Waals surface area (Å²) in [5.41, 5.74) is 9.09. The molecule has 1 saturated heterocycles. The van der Waals surface area contributed by atoms with Crippen molar-refractivity contribution in [2.24, 2.45) is 13.0 Å². The summed E-state index contributed by atoms with van der Waals surface area (Å²) in [7, 11) is 3.38. The second-order valence-electron chi connectivity index (χ2n) is 10.9. The number of fused-ring (bicyclic) bond motifs is 3. The van der Waals surface area contributed by atoms with E-state index in [2.05, 4.69) is 10.1 Å². The third-order valence-electron chi connectivity index (χ3n) is 8.01. The molecule has 2 N–H and O–H groups in total. The molecule has 2 aromatic heterocycles. The minimum absolute atomic E-state index is 0.0786. The van der Waals surface area contributed by atoms with Gasteiger partial charge in [0.2, 0.25) is 5.91 Å². The zero-order valence-electron chi connectivity index (χ0n) is 22.8. The molecule has 10 heteroatoms. The number of pyridine rings is 1. The molecule has 2 fully saturated rings. The predicted octanol–water partition coefficient (Wildman–Crippen LogP) is 4.38. The first kappa shape index (κ1) is 26.2. The van der Waals surface area contributed by atoms with Crippen LogP contribution in [0.5, 0.6) is 0 Å². The number of halogens is 1. The van der Waals surface area contributed by atoms with Crippen molar-refractivity contribution in [3.63, 3.8) is 0 Å². The highest BCUT2D eigenvalue weighted by atomic mass is 19.1. The Bertz CT molecular complexity index is 1610. The average Bonchev–Trinajstić information content (AvgIpc) is 3.52. The number of ether oxygens (including phenoxy) is 1. The van der Waals surface area contributed by atoms with Crippen LogP contribution in [-0.2, 0) is 29.5 Å². The number of carbonyl (C=O) groups excluding carboxylic acids is 2. The first-order valence-electron chi connectivity index (χ1n) is 13.8. The molecule has 0 bridgehead atoms. The molecule has 1 unspecified atom stereocenters. The Morgan fingerprint density at radius 3 is 2.70 bits per heavy atom. The van der Waals surface area contributed by atoms with Gasteiger partial charge in [0.1, 0.15) is 11.6 Å². The molecule has 2 amide bonds. The van der Waals surface area contributed by atoms with Crippen LogP contribution in [0.3, 0.4) is 0 Å². The molecule has 1 saturated carbocycles. The van der Waals surface area contributed by atoms with E-state index in [0.717, 1.165) is 56.2 Å². The van der Waals surface area contributed by atoms with Crippen molar-refractivity contribution in [1.82, 2.24) is 24.8 Å². The summed E-state index contributed by atoms with van der Waals surface area (Å²) in [5, 5.41) is 8.39. The van der Waals surface area contributed by atoms with Crippen LogP contribution in [0.2, 0.25) is 0 Å². The maximum absolute atomic E-state index is 15.3. The number of aryl methyl sites for hydroxylation is 2. The fourth-order valence-corrected chi connectivity index (χ4v) is 5.50. The highest BCUT2D eigenvalue weighted by molar-refractivity contribution is 6.10. The first-order chi connectivity index (χ1) is 19.3. The molecule has 1 atom stereocenters. The Kier molecular flexibility index (Phi) is 6.87. The number of hydrogen-bond acceptors (Lipinski definition) is 6. The lowest BCUT2D eigenvalue weighted by molar-refractivity contribution is -0.144. The normalized spacial score (nSPS) is 17.0. The molecule has 3 heterocycles. The topological polar surface area (TPSA) is 107 Å². The van der Waals surface area contributed by atoms with Crippen molar-refractivity contribution in [1.29, 1.82) is 0 Å². The molecule has 2 aromatic carbocycles. The third-order valence-corrected chi connectivity index (χ3v) is 8.01. The maximum atomic E-state index is 15.3. The molecular weight excluding hydrogens is 511 g/mol. The third kappa shape index (κ3) is 4.99. The van der Waals surface area contributed by atoms with Crippen LogP contribution in [0.15, 0.2) is 42.6 Å². The molecule has 40 heavy (non-hydrogen) atoms. The highest BCUT2D eigenvalue weighted by Gasteiger charge is 2.36. The molecule has 2 aliphatic rings. The van der Waals surface area contributed by atoms with E-state index in [4.69, 9.17) is 10.5 Å². The minimum Gasteiger partial charge on any atom is -0.383 e. The number of nitrogens with zero attached hydrogens (tertiary/aromatic N) is 5. The number of amides is 2. The molecule has 1 aliphatic heterocycles. The van der Waals surface area contributed by atoms with Gasteiger partial charge >= 0.3 is 0 Å². The molecule has 208 valence electrons. The number of aromatic nitrogens is 3. The molecule has 6 rings (SSSR count). The van der Waals surface area contributed by atoms with Gasteiger partial charge in [-0.25, -0.2) is 14.4 Å². The summed E-state index contributed by atoms with van der Waals surface area (Å²) in [6.07, 6.45) is 7.16. The van der Waals surface area contributed by atoms with Crippen LogP contribution < -0.4 is 5.73 Å². The maximum Gasteiger partial charge on any atom is 0.272 e. The standard InChI is InChI=1S/C30H33FN6O3/c1-35-27-23-15-20(10-12-26(23)34-28(32)24(27)16-33-35)30(39)37(36(2)29(38)19-8-9-19)17-21-7-5-18(14-25(21)31)6-11-22-4-3-13-40-22/h5,7,10,12,14-16,19,22H,3-4,6,8-9,11,13,17H2,1-2H3,(H2,32,34). The van der Waals surface area contributed by atoms with Crippen molar-refractivity contribution in [2.45, 2.75) is 51.2 Å². The molecule has 0 radical (unpaired) electrons. The van der Waals surface area contributed by atoms with Gasteiger partial charge in [-0.05, 0) is 68.4 Å². The van der Waals surface area contributed by atoms with Gasteiger partial charge in [0.25, 0.3) is 5.91 Å². The summed E-state index contributed by atoms with van der Waals surface area (Å²) in [6, 6.07) is 10.3. The zero-order chi connectivity index (χ0) is 28.0. The highest BCUT2D eigenvalue weighted by Crippen LogP contribution is 2.32. The average molecular weight is 545 g/mol. The Morgan fingerprint density at radius 2 is 1.98 bits per heavy atom. The fraction of sp³-hybridized carbons (Fsp3) is 0.400. The van der Waals surface area contributed by atoms with E-state index in [0.29, 0.717) is 33.2 Å². The van der Waals surface area contributed by atoms with E-state index < -0.39 is 11.7 Å². The van der Waals surface area contributed by atoms with Crippen LogP contribution in [-0.4, -0.2) is 56.4 Å². The summed E-state index contributed by atoms with van der Waals surface area (Å²) in [6.45, 7) is 0.717. The van der Waals surface area contributed by atoms with E-state index in [1.54, 1.807) is 49.2 Å². The molecule has 4 aromatic rings. The van der Waals surface area contributed by atoms with E-state index in [9.17, 15) is 9.59 Å². The monoisotopic (exact) mass is 544 g/mol. The van der Waals surface area contributed by atoms with E-state index in [1.165, 1.54) is 16.1 Å². The van der Waals surface area contributed by atoms with E-state index >= 15 is 4.39 Å². The number of benzene rings is 2. The van der Waals surface area contributed by atoms with Gasteiger partial charge in [0, 0.05) is 43.1 Å². The summed E-state index contributed by atoms with van der Waals surface area (Å²) >= 11 is 0. The van der Waals surface area contributed by atoms with Gasteiger partial charge < -0.3 is 10.5 Å². The Labute approximate surface area is 231 Å². The molecule has 1 aliphatic carbocycles. The summed E-state index contributed by atoms with van der Waals surface area (Å²) in [4.78, 5) is 31.5. The van der Waals surface area contributed by atoms with E-state index in [1.807, 2.05) is 6.07 Å². The fourth-order valence-electron chi connectivity index (χ4n) is 5.50. The van der Waals surface area contributed by atoms with Crippen molar-refractivity contribution in [3.8, 4) is 0 Å². The van der Waals surface area contributed by atoms with Crippen LogP contribution in [0.1, 0.15) is 53.6 Å². The van der Waals surface area contributed by atoms with Gasteiger partial charge in [0.15, 0.2) is 0 Å². The predicted molar refractivity (Wildman–Crippen MR) is 149 cm³/mol. The number of rotatable bonds is 7. The number of nitrogen functional groups attached to an aromatic ring is 1. The van der Waals surface area contributed by atoms with Gasteiger partial charge in [-0.3, -0.25) is 19.3 Å². The summed E-state index contributed by atoms with van der Waals surface area (Å²) < 4.78 is 22.7. The van der Waals surface area contributed by atoms with Gasteiger partial charge in [0.05, 0.1) is 35.3 Å². The van der Waals surface area contributed by atoms with Crippen molar-refractivity contribution in [2.75, 3.05) is 19.4 Å². The minimum atomic E-state index is -0.410. The summed E-state index contributed by atoms with van der Waals surface area (Å²) in [5.74, 6) is -0.702. The Hall–Kier alpha value is -4.05. The van der Waals surface area contributed by atoms with Crippen LogP contribution >= 0.6 is 0 Å². The van der Waals surface area contributed by atoms with Crippen LogP contribution in [0.25, 0.3) is 21.8 Å². The second kappa shape index (κ2) is 10.5. The number of hydrogen-bond donors (Lipinski definition) is 1. The lowest BCUT2D eigenvalue weighted by Gasteiger charge is -2.32. The van der Waals surface area contributed by atoms with Gasteiger partial charge in [-0.15, -0.1) is 0 Å². The quantitative estimate of drug-likeness (QED) is 0.346. The van der Waals surface area contributed by atoms with Crippen LogP contribution in [0.4, 0.5) is 10.2 Å². The number of nitrogens with two attached hydrogens (primary N) is 1. The molecule has 0 spiro atoms. The first-order valence-corrected chi connectivity index (χ1v) is 13.8. The van der Waals surface area contributed by atoms with Crippen LogP contribution in [0, 0.1) is 11.7 Å². The van der Waals surface area contributed by atoms with Crippen molar-refractivity contribution in [3.05, 3.63) is 65.1 Å². The molecule has 9 nitrogen and oxygen atoms in total. The number of anilines is 1. The van der Waals surface area contributed by atoms with Crippen molar-refractivity contribution >= 4 is 39.4 Å². The second-order valence-corrected chi connectivity index (χ2v) is 10.9. The molecular formula is C30H33FN6O3. The van der Waals surface area contributed by atoms with Gasteiger partial charge in [-0.1, -0.05) is 12.1 Å². The Balaban J connectivity index is 1.30. The largest absolute Gasteiger partial charge is 0.383 e. The number of hydrazine groups is 1.